The van der Waals surface area contributed by atoms with Gasteiger partial charge in [-0.3, -0.25) is 0 Å². The molecule has 1 nitrogen and oxygen atoms in total. The van der Waals surface area contributed by atoms with Crippen LogP contribution in [0.4, 0.5) is 4.39 Å². The molecule has 18 heavy (non-hydrogen) atoms. The monoisotopic (exact) mass is 332 g/mol. The second kappa shape index (κ2) is 6.29. The molecule has 0 amide bonds. The molecule has 0 saturated heterocycles. The van der Waals surface area contributed by atoms with Crippen LogP contribution in [0, 0.1) is 11.2 Å². The summed E-state index contributed by atoms with van der Waals surface area (Å²) < 4.78 is 19.8. The zero-order valence-electron chi connectivity index (χ0n) is 10.3. The Balaban J connectivity index is 2.03. The Hall–Kier alpha value is -0.220. The molecule has 0 atom stereocenters. The molecule has 1 aromatic rings. The molecule has 4 heteroatoms. The van der Waals surface area contributed by atoms with E-state index in [-0.39, 0.29) is 11.2 Å². The summed E-state index contributed by atoms with van der Waals surface area (Å²) in [6.07, 6.45) is 6.11. The maximum absolute atomic E-state index is 13.2. The summed E-state index contributed by atoms with van der Waals surface area (Å²) in [6.45, 7) is 0.624. The second-order valence-corrected chi connectivity index (χ2v) is 6.25. The fourth-order valence-corrected chi connectivity index (χ4v) is 3.24. The van der Waals surface area contributed by atoms with E-state index in [1.54, 1.807) is 6.07 Å². The van der Waals surface area contributed by atoms with Gasteiger partial charge in [-0.25, -0.2) is 4.39 Å². The molecule has 0 bridgehead atoms. The summed E-state index contributed by atoms with van der Waals surface area (Å²) in [6, 6.07) is 4.53. The third-order valence-corrected chi connectivity index (χ3v) is 5.00. The average Bonchev–Trinajstić information content (AvgIpc) is 2.41. The van der Waals surface area contributed by atoms with Crippen LogP contribution in [0.3, 0.4) is 0 Å². The first-order valence-electron chi connectivity index (χ1n) is 6.34. The smallest absolute Gasteiger partial charge is 0.136 e. The zero-order chi connectivity index (χ0) is 13.0. The molecular formula is C14H18BrFOS. The van der Waals surface area contributed by atoms with Crippen LogP contribution in [0.1, 0.15) is 32.1 Å². The first-order valence-corrected chi connectivity index (χ1v) is 7.76. The SMILES string of the molecule is Fc1ccc(Br)c(OCC2(CS)CCCCC2)c1. The molecule has 0 heterocycles. The molecule has 1 aliphatic rings. The Bertz CT molecular complexity index is 405. The van der Waals surface area contributed by atoms with Crippen molar-refractivity contribution >= 4 is 28.6 Å². The predicted octanol–water partition coefficient (Wildman–Crippen LogP) is 4.85. The first kappa shape index (κ1) is 14.2. The topological polar surface area (TPSA) is 9.23 Å². The second-order valence-electron chi connectivity index (χ2n) is 5.08. The van der Waals surface area contributed by atoms with Crippen molar-refractivity contribution in [3.8, 4) is 5.75 Å². The Kier molecular flexibility index (Phi) is 4.96. The standard InChI is InChI=1S/C14H18BrFOS/c15-12-5-4-11(16)8-13(12)17-9-14(10-18)6-2-1-3-7-14/h4-5,8,18H,1-3,6-7,9-10H2. The van der Waals surface area contributed by atoms with Crippen LogP contribution in [-0.2, 0) is 0 Å². The molecule has 1 aromatic carbocycles. The Labute approximate surface area is 122 Å². The van der Waals surface area contributed by atoms with Crippen LogP contribution in [0.2, 0.25) is 0 Å². The van der Waals surface area contributed by atoms with Crippen LogP contribution in [-0.4, -0.2) is 12.4 Å². The highest BCUT2D eigenvalue weighted by Crippen LogP contribution is 2.38. The minimum atomic E-state index is -0.267. The van der Waals surface area contributed by atoms with Crippen LogP contribution in [0.5, 0.6) is 5.75 Å². The van der Waals surface area contributed by atoms with E-state index in [9.17, 15) is 4.39 Å². The van der Waals surface area contributed by atoms with Crippen LogP contribution < -0.4 is 4.74 Å². The van der Waals surface area contributed by atoms with Gasteiger partial charge in [0.1, 0.15) is 11.6 Å². The highest BCUT2D eigenvalue weighted by Gasteiger charge is 2.31. The number of benzene rings is 1. The van der Waals surface area contributed by atoms with Gasteiger partial charge < -0.3 is 4.74 Å². The lowest BCUT2D eigenvalue weighted by molar-refractivity contribution is 0.120. The van der Waals surface area contributed by atoms with Gasteiger partial charge in [0.15, 0.2) is 0 Å². The minimum Gasteiger partial charge on any atom is -0.492 e. The van der Waals surface area contributed by atoms with Gasteiger partial charge in [0, 0.05) is 11.5 Å². The third kappa shape index (κ3) is 3.41. The van der Waals surface area contributed by atoms with E-state index in [0.29, 0.717) is 12.4 Å². The summed E-state index contributed by atoms with van der Waals surface area (Å²) >= 11 is 7.86. The lowest BCUT2D eigenvalue weighted by Crippen LogP contribution is -2.33. The fourth-order valence-electron chi connectivity index (χ4n) is 2.47. The van der Waals surface area contributed by atoms with Crippen molar-refractivity contribution in [3.63, 3.8) is 0 Å². The van der Waals surface area contributed by atoms with E-state index in [0.717, 1.165) is 23.1 Å². The number of hydrogen-bond acceptors (Lipinski definition) is 2. The van der Waals surface area contributed by atoms with Gasteiger partial charge in [-0.1, -0.05) is 19.3 Å². The van der Waals surface area contributed by atoms with Crippen molar-refractivity contribution in [2.24, 2.45) is 5.41 Å². The van der Waals surface area contributed by atoms with Gasteiger partial charge in [-0.05, 0) is 46.7 Å². The maximum atomic E-state index is 13.2. The first-order chi connectivity index (χ1) is 8.65. The summed E-state index contributed by atoms with van der Waals surface area (Å²) in [5.74, 6) is 1.15. The lowest BCUT2D eigenvalue weighted by Gasteiger charge is -2.35. The van der Waals surface area contributed by atoms with Gasteiger partial charge in [0.05, 0.1) is 11.1 Å². The van der Waals surface area contributed by atoms with Crippen molar-refractivity contribution in [1.29, 1.82) is 0 Å². The van der Waals surface area contributed by atoms with Crippen LogP contribution in [0.25, 0.3) is 0 Å². The van der Waals surface area contributed by atoms with E-state index in [1.165, 1.54) is 31.4 Å². The third-order valence-electron chi connectivity index (χ3n) is 3.68. The lowest BCUT2D eigenvalue weighted by atomic mass is 9.76. The van der Waals surface area contributed by atoms with Crippen molar-refractivity contribution in [1.82, 2.24) is 0 Å². The van der Waals surface area contributed by atoms with Gasteiger partial charge >= 0.3 is 0 Å². The Morgan fingerprint density at radius 3 is 2.67 bits per heavy atom. The zero-order valence-corrected chi connectivity index (χ0v) is 12.8. The molecule has 100 valence electrons. The van der Waals surface area contributed by atoms with Crippen LogP contribution >= 0.6 is 28.6 Å². The van der Waals surface area contributed by atoms with E-state index in [2.05, 4.69) is 28.6 Å². The Morgan fingerprint density at radius 1 is 1.28 bits per heavy atom. The quantitative estimate of drug-likeness (QED) is 0.775. The molecule has 0 unspecified atom stereocenters. The molecule has 2 rings (SSSR count). The summed E-state index contributed by atoms with van der Waals surface area (Å²) in [5.41, 5.74) is 0.160. The van der Waals surface area contributed by atoms with Crippen molar-refractivity contribution in [2.75, 3.05) is 12.4 Å². The summed E-state index contributed by atoms with van der Waals surface area (Å²) in [4.78, 5) is 0. The summed E-state index contributed by atoms with van der Waals surface area (Å²) in [7, 11) is 0. The highest BCUT2D eigenvalue weighted by atomic mass is 79.9. The molecule has 0 N–H and O–H groups in total. The normalized spacial score (nSPS) is 18.6. The van der Waals surface area contributed by atoms with Gasteiger partial charge in [-0.2, -0.15) is 12.6 Å². The van der Waals surface area contributed by atoms with Gasteiger partial charge in [0.25, 0.3) is 0 Å². The molecule has 1 aliphatic carbocycles. The van der Waals surface area contributed by atoms with E-state index >= 15 is 0 Å². The Morgan fingerprint density at radius 2 is 2.00 bits per heavy atom. The maximum Gasteiger partial charge on any atom is 0.136 e. The molecule has 1 fully saturated rings. The van der Waals surface area contributed by atoms with Crippen molar-refractivity contribution < 1.29 is 9.13 Å². The highest BCUT2D eigenvalue weighted by molar-refractivity contribution is 9.10. The van der Waals surface area contributed by atoms with Gasteiger partial charge in [0.2, 0.25) is 0 Å². The summed E-state index contributed by atoms with van der Waals surface area (Å²) in [5, 5.41) is 0. The average molecular weight is 333 g/mol. The number of thiol groups is 1. The number of ether oxygens (including phenoxy) is 1. The predicted molar refractivity (Wildman–Crippen MR) is 79.0 cm³/mol. The number of hydrogen-bond donors (Lipinski definition) is 1. The fraction of sp³-hybridized carbons (Fsp3) is 0.571. The minimum absolute atomic E-state index is 0.160. The van der Waals surface area contributed by atoms with Crippen molar-refractivity contribution in [3.05, 3.63) is 28.5 Å². The number of halogens is 2. The van der Waals surface area contributed by atoms with Crippen molar-refractivity contribution in [2.45, 2.75) is 32.1 Å². The van der Waals surface area contributed by atoms with E-state index in [4.69, 9.17) is 4.74 Å². The van der Waals surface area contributed by atoms with Crippen LogP contribution in [0.15, 0.2) is 22.7 Å². The largest absolute Gasteiger partial charge is 0.492 e. The number of rotatable bonds is 4. The molecule has 0 aromatic heterocycles. The molecule has 0 spiro atoms. The van der Waals surface area contributed by atoms with E-state index < -0.39 is 0 Å². The molecule has 0 aliphatic heterocycles. The molecular weight excluding hydrogens is 315 g/mol. The van der Waals surface area contributed by atoms with Gasteiger partial charge in [-0.15, -0.1) is 0 Å². The van der Waals surface area contributed by atoms with E-state index in [1.807, 2.05) is 0 Å². The molecule has 0 radical (unpaired) electrons. The molecule has 1 saturated carbocycles.